The first kappa shape index (κ1) is 18.1. The monoisotopic (exact) mass is 402 g/mol. The highest BCUT2D eigenvalue weighted by molar-refractivity contribution is 5.84. The standard InChI is InChI=1S/C20H18N8O2/c1-12-21-22-13(2)28(12)26-10-9-16-18(20(26)29)23-24-19-17(14-7-5-4-6-8-14)15(11-30-3)25-27(16)19/h4-10H,11H2,1-3H3. The van der Waals surface area contributed by atoms with Crippen LogP contribution in [0.3, 0.4) is 0 Å². The lowest BCUT2D eigenvalue weighted by Gasteiger charge is -2.10. The molecule has 30 heavy (non-hydrogen) atoms. The van der Waals surface area contributed by atoms with Crippen molar-refractivity contribution in [2.24, 2.45) is 0 Å². The summed E-state index contributed by atoms with van der Waals surface area (Å²) in [5.74, 6) is 1.19. The van der Waals surface area contributed by atoms with Gasteiger partial charge in [-0.3, -0.25) is 4.79 Å². The molecule has 0 unspecified atom stereocenters. The van der Waals surface area contributed by atoms with Crippen molar-refractivity contribution in [3.05, 3.63) is 70.3 Å². The number of benzene rings is 1. The SMILES string of the molecule is COCc1nn2c(nnc3c(=O)n(-n4c(C)nnc4C)ccc32)c1-c1ccccc1. The maximum atomic E-state index is 13.2. The minimum Gasteiger partial charge on any atom is -0.378 e. The Bertz CT molecular complexity index is 1430. The van der Waals surface area contributed by atoms with Crippen LogP contribution in [0, 0.1) is 13.8 Å². The zero-order valence-corrected chi connectivity index (χ0v) is 16.6. The summed E-state index contributed by atoms with van der Waals surface area (Å²) in [7, 11) is 1.62. The molecule has 10 heteroatoms. The molecular weight excluding hydrogens is 384 g/mol. The van der Waals surface area contributed by atoms with E-state index in [4.69, 9.17) is 4.74 Å². The first-order valence-corrected chi connectivity index (χ1v) is 9.33. The van der Waals surface area contributed by atoms with E-state index < -0.39 is 0 Å². The predicted molar refractivity (Wildman–Crippen MR) is 109 cm³/mol. The molecule has 0 radical (unpaired) electrons. The molecule has 10 nitrogen and oxygen atoms in total. The second kappa shape index (κ2) is 6.85. The lowest BCUT2D eigenvalue weighted by molar-refractivity contribution is 0.181. The summed E-state index contributed by atoms with van der Waals surface area (Å²) in [6, 6.07) is 11.6. The van der Waals surface area contributed by atoms with Crippen LogP contribution in [-0.4, -0.2) is 46.5 Å². The van der Waals surface area contributed by atoms with Crippen LogP contribution in [-0.2, 0) is 11.3 Å². The van der Waals surface area contributed by atoms with Crippen molar-refractivity contribution < 1.29 is 4.74 Å². The number of fused-ring (bicyclic) bond motifs is 3. The Labute approximate surface area is 170 Å². The maximum absolute atomic E-state index is 13.2. The zero-order chi connectivity index (χ0) is 20.8. The third kappa shape index (κ3) is 2.61. The first-order chi connectivity index (χ1) is 14.6. The average molecular weight is 402 g/mol. The maximum Gasteiger partial charge on any atom is 0.299 e. The van der Waals surface area contributed by atoms with Crippen molar-refractivity contribution in [1.29, 1.82) is 0 Å². The Morgan fingerprint density at radius 2 is 1.70 bits per heavy atom. The highest BCUT2D eigenvalue weighted by atomic mass is 16.5. The Hall–Kier alpha value is -3.92. The van der Waals surface area contributed by atoms with Gasteiger partial charge < -0.3 is 4.74 Å². The lowest BCUT2D eigenvalue weighted by Crippen LogP contribution is -2.28. The Kier molecular flexibility index (Phi) is 4.14. The largest absolute Gasteiger partial charge is 0.378 e. The second-order valence-electron chi connectivity index (χ2n) is 6.86. The van der Waals surface area contributed by atoms with E-state index in [1.54, 1.807) is 42.4 Å². The molecule has 4 aromatic heterocycles. The van der Waals surface area contributed by atoms with E-state index in [9.17, 15) is 4.79 Å². The van der Waals surface area contributed by atoms with E-state index in [1.165, 1.54) is 4.68 Å². The van der Waals surface area contributed by atoms with E-state index in [-0.39, 0.29) is 11.1 Å². The summed E-state index contributed by atoms with van der Waals surface area (Å²) < 4.78 is 10.0. The number of hydrogen-bond donors (Lipinski definition) is 0. The van der Waals surface area contributed by atoms with Gasteiger partial charge >= 0.3 is 0 Å². The number of pyridine rings is 1. The summed E-state index contributed by atoms with van der Waals surface area (Å²) in [5.41, 5.74) is 3.50. The second-order valence-corrected chi connectivity index (χ2v) is 6.86. The molecule has 0 bridgehead atoms. The molecule has 0 saturated heterocycles. The third-order valence-electron chi connectivity index (χ3n) is 4.94. The minimum atomic E-state index is -0.335. The van der Waals surface area contributed by atoms with E-state index >= 15 is 0 Å². The van der Waals surface area contributed by atoms with Gasteiger partial charge in [-0.15, -0.1) is 20.4 Å². The van der Waals surface area contributed by atoms with E-state index in [1.807, 2.05) is 30.3 Å². The predicted octanol–water partition coefficient (Wildman–Crippen LogP) is 1.77. The highest BCUT2D eigenvalue weighted by Gasteiger charge is 2.20. The van der Waals surface area contributed by atoms with Gasteiger partial charge in [0.1, 0.15) is 17.2 Å². The highest BCUT2D eigenvalue weighted by Crippen LogP contribution is 2.28. The molecule has 5 aromatic rings. The van der Waals surface area contributed by atoms with Gasteiger partial charge in [-0.25, -0.2) is 13.9 Å². The van der Waals surface area contributed by atoms with Gasteiger partial charge in [0.15, 0.2) is 11.2 Å². The van der Waals surface area contributed by atoms with Crippen molar-refractivity contribution in [2.45, 2.75) is 20.5 Å². The van der Waals surface area contributed by atoms with E-state index in [2.05, 4.69) is 25.5 Å². The van der Waals surface area contributed by atoms with Gasteiger partial charge in [0, 0.05) is 13.3 Å². The molecular formula is C20H18N8O2. The van der Waals surface area contributed by atoms with Gasteiger partial charge in [0.05, 0.1) is 17.9 Å². The minimum absolute atomic E-state index is 0.198. The Balaban J connectivity index is 1.81. The fraction of sp³-hybridized carbons (Fsp3) is 0.200. The number of aryl methyl sites for hydroxylation is 2. The number of ether oxygens (including phenoxy) is 1. The van der Waals surface area contributed by atoms with Crippen molar-refractivity contribution in [3.63, 3.8) is 0 Å². The molecule has 5 rings (SSSR count). The molecule has 0 amide bonds. The fourth-order valence-corrected chi connectivity index (χ4v) is 3.65. The average Bonchev–Trinajstić information content (AvgIpc) is 3.29. The smallest absolute Gasteiger partial charge is 0.299 e. The van der Waals surface area contributed by atoms with Crippen molar-refractivity contribution in [3.8, 4) is 11.1 Å². The van der Waals surface area contributed by atoms with Crippen LogP contribution in [0.5, 0.6) is 0 Å². The topological polar surface area (TPSA) is 105 Å². The lowest BCUT2D eigenvalue weighted by atomic mass is 10.1. The number of aromatic nitrogens is 8. The molecule has 0 fully saturated rings. The summed E-state index contributed by atoms with van der Waals surface area (Å²) in [5, 5.41) is 21.3. The Morgan fingerprint density at radius 3 is 2.40 bits per heavy atom. The van der Waals surface area contributed by atoms with Gasteiger partial charge in [0.2, 0.25) is 0 Å². The number of nitrogens with zero attached hydrogens (tertiary/aromatic N) is 8. The summed E-state index contributed by atoms with van der Waals surface area (Å²) >= 11 is 0. The van der Waals surface area contributed by atoms with Crippen LogP contribution in [0.15, 0.2) is 47.4 Å². The molecule has 0 aliphatic rings. The van der Waals surface area contributed by atoms with Gasteiger partial charge in [-0.05, 0) is 25.5 Å². The van der Waals surface area contributed by atoms with Crippen LogP contribution < -0.4 is 5.56 Å². The first-order valence-electron chi connectivity index (χ1n) is 9.33. The van der Waals surface area contributed by atoms with Crippen LogP contribution in [0.25, 0.3) is 27.8 Å². The van der Waals surface area contributed by atoms with E-state index in [0.29, 0.717) is 29.4 Å². The summed E-state index contributed by atoms with van der Waals surface area (Å²) in [4.78, 5) is 13.2. The van der Waals surface area contributed by atoms with Crippen molar-refractivity contribution in [2.75, 3.05) is 7.11 Å². The van der Waals surface area contributed by atoms with Gasteiger partial charge in [0.25, 0.3) is 5.56 Å². The molecule has 4 heterocycles. The molecule has 0 aliphatic heterocycles. The van der Waals surface area contributed by atoms with Crippen LogP contribution >= 0.6 is 0 Å². The fourth-order valence-electron chi connectivity index (χ4n) is 3.65. The summed E-state index contributed by atoms with van der Waals surface area (Å²) in [6.07, 6.45) is 1.66. The molecule has 150 valence electrons. The van der Waals surface area contributed by atoms with Crippen molar-refractivity contribution >= 4 is 16.7 Å². The number of rotatable bonds is 4. The van der Waals surface area contributed by atoms with Crippen molar-refractivity contribution in [1.82, 2.24) is 39.4 Å². The van der Waals surface area contributed by atoms with Crippen LogP contribution in [0.2, 0.25) is 0 Å². The zero-order valence-electron chi connectivity index (χ0n) is 16.6. The quantitative estimate of drug-likeness (QED) is 0.451. The third-order valence-corrected chi connectivity index (χ3v) is 4.94. The molecule has 1 aromatic carbocycles. The van der Waals surface area contributed by atoms with Gasteiger partial charge in [-0.1, -0.05) is 30.3 Å². The van der Waals surface area contributed by atoms with E-state index in [0.717, 1.165) is 16.8 Å². The van der Waals surface area contributed by atoms with Crippen LogP contribution in [0.4, 0.5) is 0 Å². The molecule has 0 spiro atoms. The molecule has 0 N–H and O–H groups in total. The molecule has 0 atom stereocenters. The van der Waals surface area contributed by atoms with Crippen LogP contribution in [0.1, 0.15) is 17.3 Å². The van der Waals surface area contributed by atoms with Gasteiger partial charge in [-0.2, -0.15) is 5.10 Å². The Morgan fingerprint density at radius 1 is 0.967 bits per heavy atom. The number of hydrogen-bond acceptors (Lipinski definition) is 7. The molecule has 0 aliphatic carbocycles. The summed E-state index contributed by atoms with van der Waals surface area (Å²) in [6.45, 7) is 3.87. The normalized spacial score (nSPS) is 11.6. The number of methoxy groups -OCH3 is 1. The molecule has 0 saturated carbocycles.